The molecule has 0 spiro atoms. The molecule has 24 heavy (non-hydrogen) atoms. The fourth-order valence-corrected chi connectivity index (χ4v) is 2.37. The highest BCUT2D eigenvalue weighted by Crippen LogP contribution is 2.34. The average molecular weight is 324 g/mol. The Kier molecular flexibility index (Phi) is 4.07. The van der Waals surface area contributed by atoms with Crippen LogP contribution in [0.1, 0.15) is 10.6 Å². The Morgan fingerprint density at radius 1 is 1.17 bits per heavy atom. The van der Waals surface area contributed by atoms with Crippen molar-refractivity contribution >= 4 is 11.9 Å². The Hall–Kier alpha value is -3.48. The van der Waals surface area contributed by atoms with Crippen molar-refractivity contribution in [3.05, 3.63) is 60.6 Å². The number of carbonyl (C=O) groups excluding carboxylic acids is 1. The number of guanidine groups is 1. The number of amides is 1. The van der Waals surface area contributed by atoms with E-state index in [-0.39, 0.29) is 11.7 Å². The molecule has 2 heterocycles. The van der Waals surface area contributed by atoms with Crippen LogP contribution in [0.15, 0.2) is 64.3 Å². The molecule has 122 valence electrons. The van der Waals surface area contributed by atoms with Crippen LogP contribution in [-0.4, -0.2) is 23.5 Å². The molecule has 0 aliphatic rings. The van der Waals surface area contributed by atoms with Crippen molar-refractivity contribution < 1.29 is 13.9 Å². The van der Waals surface area contributed by atoms with Gasteiger partial charge in [-0.25, -0.2) is 0 Å². The Morgan fingerprint density at radius 3 is 2.54 bits per heavy atom. The summed E-state index contributed by atoms with van der Waals surface area (Å²) in [4.78, 5) is 15.8. The van der Waals surface area contributed by atoms with E-state index < -0.39 is 5.91 Å². The van der Waals surface area contributed by atoms with Crippen molar-refractivity contribution in [1.29, 1.82) is 0 Å². The predicted molar refractivity (Wildman–Crippen MR) is 90.2 cm³/mol. The summed E-state index contributed by atoms with van der Waals surface area (Å²) in [6.45, 7) is 0. The molecule has 0 saturated carbocycles. The number of hydrogen-bond donors (Lipinski definition) is 2. The third kappa shape index (κ3) is 2.87. The fourth-order valence-electron chi connectivity index (χ4n) is 2.37. The quantitative estimate of drug-likeness (QED) is 0.564. The lowest BCUT2D eigenvalue weighted by Gasteiger charge is -2.04. The van der Waals surface area contributed by atoms with Crippen LogP contribution in [0.3, 0.4) is 0 Å². The number of aliphatic imine (C=N–C) groups is 1. The zero-order valence-electron chi connectivity index (χ0n) is 13.0. The lowest BCUT2D eigenvalue weighted by atomic mass is 10.1. The van der Waals surface area contributed by atoms with Gasteiger partial charge in [0.1, 0.15) is 11.5 Å². The minimum absolute atomic E-state index is 0.0421. The van der Waals surface area contributed by atoms with Crippen LogP contribution in [-0.2, 0) is 0 Å². The van der Waals surface area contributed by atoms with Crippen LogP contribution in [0.2, 0.25) is 0 Å². The first-order valence-corrected chi connectivity index (χ1v) is 7.14. The normalized spacial score (nSPS) is 10.4. The maximum absolute atomic E-state index is 12.3. The lowest BCUT2D eigenvalue weighted by molar-refractivity contribution is 0.0977. The standard InChI is InChI=1S/C17H16N4O3/c1-23-13-7-3-2-6-11(13)14-10-12(21-8-4-5-9-21)15(24-14)16(22)20-17(18)19/h2-10H,1H3,(H4,18,19,20,22). The van der Waals surface area contributed by atoms with Crippen LogP contribution in [0.25, 0.3) is 17.0 Å². The van der Waals surface area contributed by atoms with Gasteiger partial charge in [0.05, 0.1) is 18.4 Å². The van der Waals surface area contributed by atoms with Gasteiger partial charge in [-0.3, -0.25) is 4.79 Å². The number of methoxy groups -OCH3 is 1. The van der Waals surface area contributed by atoms with Gasteiger partial charge in [-0.15, -0.1) is 0 Å². The number of furan rings is 1. The van der Waals surface area contributed by atoms with E-state index in [4.69, 9.17) is 20.6 Å². The van der Waals surface area contributed by atoms with E-state index >= 15 is 0 Å². The smallest absolute Gasteiger partial charge is 0.318 e. The zero-order valence-corrected chi connectivity index (χ0v) is 13.0. The Morgan fingerprint density at radius 2 is 1.88 bits per heavy atom. The number of benzene rings is 1. The van der Waals surface area contributed by atoms with Crippen molar-refractivity contribution in [2.45, 2.75) is 0 Å². The summed E-state index contributed by atoms with van der Waals surface area (Å²) in [5.74, 6) is 0.172. The number of nitrogens with two attached hydrogens (primary N) is 2. The van der Waals surface area contributed by atoms with Gasteiger partial charge in [-0.1, -0.05) is 12.1 Å². The molecule has 0 unspecified atom stereocenters. The minimum Gasteiger partial charge on any atom is -0.496 e. The number of hydrogen-bond acceptors (Lipinski definition) is 3. The number of nitrogens with zero attached hydrogens (tertiary/aromatic N) is 2. The summed E-state index contributed by atoms with van der Waals surface area (Å²) in [5.41, 5.74) is 11.9. The van der Waals surface area contributed by atoms with E-state index in [0.29, 0.717) is 17.2 Å². The third-order valence-electron chi connectivity index (χ3n) is 3.39. The molecule has 3 aromatic rings. The van der Waals surface area contributed by atoms with Crippen molar-refractivity contribution in [2.75, 3.05) is 7.11 Å². The summed E-state index contributed by atoms with van der Waals surface area (Å²) in [7, 11) is 1.57. The second-order valence-electron chi connectivity index (χ2n) is 4.96. The van der Waals surface area contributed by atoms with E-state index in [2.05, 4.69) is 4.99 Å². The van der Waals surface area contributed by atoms with Crippen molar-refractivity contribution in [1.82, 2.24) is 4.57 Å². The van der Waals surface area contributed by atoms with Gasteiger partial charge < -0.3 is 25.2 Å². The molecule has 0 bridgehead atoms. The van der Waals surface area contributed by atoms with Gasteiger partial charge in [0.2, 0.25) is 5.76 Å². The first kappa shape index (κ1) is 15.4. The van der Waals surface area contributed by atoms with Crippen molar-refractivity contribution in [3.63, 3.8) is 0 Å². The summed E-state index contributed by atoms with van der Waals surface area (Å²) in [6.07, 6.45) is 3.59. The van der Waals surface area contributed by atoms with E-state index in [0.717, 1.165) is 5.56 Å². The van der Waals surface area contributed by atoms with Gasteiger partial charge in [-0.05, 0) is 24.3 Å². The molecule has 3 rings (SSSR count). The number of para-hydroxylation sites is 1. The molecular weight excluding hydrogens is 308 g/mol. The molecule has 0 aliphatic carbocycles. The number of carbonyl (C=O) groups is 1. The van der Waals surface area contributed by atoms with Crippen molar-refractivity contribution in [2.24, 2.45) is 16.5 Å². The second-order valence-corrected chi connectivity index (χ2v) is 4.96. The second kappa shape index (κ2) is 6.33. The predicted octanol–water partition coefficient (Wildman–Crippen LogP) is 2.16. The molecule has 7 nitrogen and oxygen atoms in total. The van der Waals surface area contributed by atoms with Crippen LogP contribution >= 0.6 is 0 Å². The highest BCUT2D eigenvalue weighted by molar-refractivity contribution is 6.02. The highest BCUT2D eigenvalue weighted by atomic mass is 16.5. The largest absolute Gasteiger partial charge is 0.496 e. The molecule has 0 saturated heterocycles. The van der Waals surface area contributed by atoms with E-state index in [9.17, 15) is 4.79 Å². The topological polar surface area (TPSA) is 109 Å². The van der Waals surface area contributed by atoms with Crippen LogP contribution in [0.4, 0.5) is 0 Å². The summed E-state index contributed by atoms with van der Waals surface area (Å²) in [6, 6.07) is 12.8. The van der Waals surface area contributed by atoms with Gasteiger partial charge in [-0.2, -0.15) is 4.99 Å². The number of rotatable bonds is 4. The average Bonchev–Trinajstić information content (AvgIpc) is 3.23. The molecule has 2 aromatic heterocycles. The molecule has 0 atom stereocenters. The maximum atomic E-state index is 12.3. The molecule has 0 fully saturated rings. The molecule has 1 aromatic carbocycles. The van der Waals surface area contributed by atoms with Crippen molar-refractivity contribution in [3.8, 4) is 22.8 Å². The molecule has 4 N–H and O–H groups in total. The SMILES string of the molecule is COc1ccccc1-c1cc(-n2cccc2)c(C(=O)N=C(N)N)o1. The van der Waals surface area contributed by atoms with E-state index in [1.54, 1.807) is 30.1 Å². The van der Waals surface area contributed by atoms with E-state index in [1.165, 1.54) is 0 Å². The third-order valence-corrected chi connectivity index (χ3v) is 3.39. The molecule has 1 amide bonds. The maximum Gasteiger partial charge on any atom is 0.318 e. The Bertz CT molecular complexity index is 890. The molecule has 7 heteroatoms. The van der Waals surface area contributed by atoms with Crippen LogP contribution < -0.4 is 16.2 Å². The van der Waals surface area contributed by atoms with Gasteiger partial charge in [0.15, 0.2) is 5.96 Å². The van der Waals surface area contributed by atoms with E-state index in [1.807, 2.05) is 36.4 Å². The monoisotopic (exact) mass is 324 g/mol. The fraction of sp³-hybridized carbons (Fsp3) is 0.0588. The molecular formula is C17H16N4O3. The molecule has 0 aliphatic heterocycles. The minimum atomic E-state index is -0.653. The zero-order chi connectivity index (χ0) is 17.1. The van der Waals surface area contributed by atoms with Crippen LogP contribution in [0, 0.1) is 0 Å². The summed E-state index contributed by atoms with van der Waals surface area (Å²) in [5, 5.41) is 0. The number of ether oxygens (including phenoxy) is 1. The van der Waals surface area contributed by atoms with Gasteiger partial charge in [0, 0.05) is 18.5 Å². The number of aromatic nitrogens is 1. The van der Waals surface area contributed by atoms with Crippen LogP contribution in [0.5, 0.6) is 5.75 Å². The highest BCUT2D eigenvalue weighted by Gasteiger charge is 2.21. The van der Waals surface area contributed by atoms with Gasteiger partial charge in [0.25, 0.3) is 0 Å². The summed E-state index contributed by atoms with van der Waals surface area (Å²) >= 11 is 0. The Balaban J connectivity index is 2.17. The van der Waals surface area contributed by atoms with Gasteiger partial charge >= 0.3 is 5.91 Å². The Labute approximate surface area is 138 Å². The lowest BCUT2D eigenvalue weighted by Crippen LogP contribution is -2.24. The first-order valence-electron chi connectivity index (χ1n) is 7.14. The first-order chi connectivity index (χ1) is 11.6. The molecule has 0 radical (unpaired) electrons. The summed E-state index contributed by atoms with van der Waals surface area (Å²) < 4.78 is 12.9.